The summed E-state index contributed by atoms with van der Waals surface area (Å²) in [5.41, 5.74) is 0.0638. The molecule has 3 heteroatoms. The van der Waals surface area contributed by atoms with Crippen LogP contribution in [0.15, 0.2) is 0 Å². The summed E-state index contributed by atoms with van der Waals surface area (Å²) in [6.07, 6.45) is 4.90. The quantitative estimate of drug-likeness (QED) is 0.733. The van der Waals surface area contributed by atoms with Gasteiger partial charge in [0.2, 0.25) is 0 Å². The normalized spacial score (nSPS) is 20.8. The summed E-state index contributed by atoms with van der Waals surface area (Å²) < 4.78 is 5.64. The third kappa shape index (κ3) is 6.13. The molecule has 0 bridgehead atoms. The second kappa shape index (κ2) is 5.83. The molecule has 0 aliphatic heterocycles. The summed E-state index contributed by atoms with van der Waals surface area (Å²) in [5, 5.41) is 13.0. The van der Waals surface area contributed by atoms with Crippen molar-refractivity contribution >= 4 is 0 Å². The molecule has 2 N–H and O–H groups in total. The van der Waals surface area contributed by atoms with Gasteiger partial charge in [-0.3, -0.25) is 0 Å². The molecule has 0 aromatic rings. The molecule has 0 spiro atoms. The predicted molar refractivity (Wildman–Crippen MR) is 62.0 cm³/mol. The summed E-state index contributed by atoms with van der Waals surface area (Å²) in [5.74, 6) is 0. The lowest BCUT2D eigenvalue weighted by molar-refractivity contribution is -0.00714. The third-order valence-corrected chi connectivity index (χ3v) is 2.69. The van der Waals surface area contributed by atoms with Gasteiger partial charge in [0, 0.05) is 12.1 Å². The summed E-state index contributed by atoms with van der Waals surface area (Å²) in [6.45, 7) is 7.36. The number of hydrogen-bond donors (Lipinski definition) is 2. The Morgan fingerprint density at radius 2 is 1.93 bits per heavy atom. The predicted octanol–water partition coefficient (Wildman–Crippen LogP) is 1.69. The van der Waals surface area contributed by atoms with Gasteiger partial charge >= 0.3 is 0 Å². The van der Waals surface area contributed by atoms with E-state index in [0.717, 1.165) is 0 Å². The van der Waals surface area contributed by atoms with E-state index in [0.29, 0.717) is 19.3 Å². The van der Waals surface area contributed by atoms with Crippen LogP contribution in [0.25, 0.3) is 0 Å². The summed E-state index contributed by atoms with van der Waals surface area (Å²) in [4.78, 5) is 0. The van der Waals surface area contributed by atoms with Crippen LogP contribution in [0.1, 0.15) is 46.5 Å². The van der Waals surface area contributed by atoms with Crippen molar-refractivity contribution < 1.29 is 9.84 Å². The molecule has 1 aliphatic carbocycles. The number of rotatable bonds is 5. The molecule has 0 amide bonds. The van der Waals surface area contributed by atoms with Crippen LogP contribution in [0.2, 0.25) is 0 Å². The van der Waals surface area contributed by atoms with Crippen molar-refractivity contribution in [1.29, 1.82) is 0 Å². The Morgan fingerprint density at radius 3 is 2.47 bits per heavy atom. The number of nitrogens with one attached hydrogen (secondary N) is 1. The lowest BCUT2D eigenvalue weighted by Crippen LogP contribution is -2.42. The molecule has 0 saturated heterocycles. The average molecular weight is 215 g/mol. The Balaban J connectivity index is 2.05. The minimum absolute atomic E-state index is 0.0638. The molecule has 0 heterocycles. The van der Waals surface area contributed by atoms with Crippen LogP contribution in [-0.2, 0) is 4.74 Å². The van der Waals surface area contributed by atoms with Crippen LogP contribution >= 0.6 is 0 Å². The van der Waals surface area contributed by atoms with Gasteiger partial charge in [-0.15, -0.1) is 0 Å². The lowest BCUT2D eigenvalue weighted by Gasteiger charge is -2.23. The molecule has 15 heavy (non-hydrogen) atoms. The third-order valence-electron chi connectivity index (χ3n) is 2.69. The molecule has 0 aromatic carbocycles. The second-order valence-corrected chi connectivity index (χ2v) is 5.52. The minimum atomic E-state index is -0.384. The maximum absolute atomic E-state index is 9.69. The highest BCUT2D eigenvalue weighted by Crippen LogP contribution is 2.20. The topological polar surface area (TPSA) is 41.5 Å². The molecule has 3 nitrogen and oxygen atoms in total. The van der Waals surface area contributed by atoms with Crippen LogP contribution < -0.4 is 5.32 Å². The minimum Gasteiger partial charge on any atom is -0.389 e. The summed E-state index contributed by atoms with van der Waals surface area (Å²) in [6, 6.07) is 0. The fourth-order valence-electron chi connectivity index (χ4n) is 1.79. The highest BCUT2D eigenvalue weighted by Gasteiger charge is 2.17. The molecule has 1 atom stereocenters. The molecular formula is C12H25NO2. The van der Waals surface area contributed by atoms with Gasteiger partial charge < -0.3 is 15.2 Å². The number of aliphatic hydroxyl groups excluding tert-OH is 1. The van der Waals surface area contributed by atoms with E-state index in [-0.39, 0.29) is 11.6 Å². The number of hydrogen-bond acceptors (Lipinski definition) is 3. The zero-order valence-corrected chi connectivity index (χ0v) is 10.3. The van der Waals surface area contributed by atoms with E-state index in [4.69, 9.17) is 4.74 Å². The van der Waals surface area contributed by atoms with Crippen molar-refractivity contribution in [2.24, 2.45) is 0 Å². The molecule has 90 valence electrons. The SMILES string of the molecule is CC(C)(C)NC[C@@H](O)COC1CCCC1. The van der Waals surface area contributed by atoms with Gasteiger partial charge in [-0.25, -0.2) is 0 Å². The Bertz CT molecular complexity index is 171. The molecular weight excluding hydrogens is 190 g/mol. The average Bonchev–Trinajstić information content (AvgIpc) is 2.62. The van der Waals surface area contributed by atoms with Gasteiger partial charge in [-0.1, -0.05) is 12.8 Å². The zero-order valence-electron chi connectivity index (χ0n) is 10.3. The largest absolute Gasteiger partial charge is 0.389 e. The van der Waals surface area contributed by atoms with Crippen LogP contribution in [0.4, 0.5) is 0 Å². The standard InChI is InChI=1S/C12H25NO2/c1-12(2,3)13-8-10(14)9-15-11-6-4-5-7-11/h10-11,13-14H,4-9H2,1-3H3/t10-/m1/s1. The zero-order chi connectivity index (χ0) is 11.3. The maximum Gasteiger partial charge on any atom is 0.0898 e. The molecule has 0 unspecified atom stereocenters. The van der Waals surface area contributed by atoms with Crippen LogP contribution in [0.3, 0.4) is 0 Å². The highest BCUT2D eigenvalue weighted by atomic mass is 16.5. The van der Waals surface area contributed by atoms with Crippen molar-refractivity contribution in [3.63, 3.8) is 0 Å². The Hall–Kier alpha value is -0.120. The first-order valence-electron chi connectivity index (χ1n) is 6.02. The van der Waals surface area contributed by atoms with Crippen molar-refractivity contribution in [2.75, 3.05) is 13.2 Å². The van der Waals surface area contributed by atoms with E-state index in [1.165, 1.54) is 25.7 Å². The van der Waals surface area contributed by atoms with Gasteiger partial charge in [0.25, 0.3) is 0 Å². The second-order valence-electron chi connectivity index (χ2n) is 5.52. The first-order chi connectivity index (χ1) is 6.97. The van der Waals surface area contributed by atoms with Gasteiger partial charge in [-0.2, -0.15) is 0 Å². The van der Waals surface area contributed by atoms with Crippen molar-refractivity contribution in [1.82, 2.24) is 5.32 Å². The van der Waals surface area contributed by atoms with Gasteiger partial charge in [0.15, 0.2) is 0 Å². The molecule has 0 radical (unpaired) electrons. The Morgan fingerprint density at radius 1 is 1.33 bits per heavy atom. The fourth-order valence-corrected chi connectivity index (χ4v) is 1.79. The van der Waals surface area contributed by atoms with Crippen molar-refractivity contribution in [3.8, 4) is 0 Å². The molecule has 1 aliphatic rings. The van der Waals surface area contributed by atoms with Gasteiger partial charge in [-0.05, 0) is 33.6 Å². The monoisotopic (exact) mass is 215 g/mol. The fraction of sp³-hybridized carbons (Fsp3) is 1.00. The van der Waals surface area contributed by atoms with E-state index in [1.807, 2.05) is 0 Å². The van der Waals surface area contributed by atoms with Crippen LogP contribution in [0.5, 0.6) is 0 Å². The first kappa shape index (κ1) is 12.9. The lowest BCUT2D eigenvalue weighted by atomic mass is 10.1. The Kier molecular flexibility index (Phi) is 5.03. The molecule has 1 rings (SSSR count). The number of aliphatic hydroxyl groups is 1. The van der Waals surface area contributed by atoms with E-state index in [1.54, 1.807) is 0 Å². The summed E-state index contributed by atoms with van der Waals surface area (Å²) >= 11 is 0. The molecule has 1 fully saturated rings. The Labute approximate surface area is 93.2 Å². The van der Waals surface area contributed by atoms with Crippen molar-refractivity contribution in [3.05, 3.63) is 0 Å². The maximum atomic E-state index is 9.69. The summed E-state index contributed by atoms with van der Waals surface area (Å²) in [7, 11) is 0. The highest BCUT2D eigenvalue weighted by molar-refractivity contribution is 4.73. The smallest absolute Gasteiger partial charge is 0.0898 e. The van der Waals surface area contributed by atoms with Gasteiger partial charge in [0.1, 0.15) is 0 Å². The van der Waals surface area contributed by atoms with E-state index in [2.05, 4.69) is 26.1 Å². The molecule has 0 aromatic heterocycles. The molecule has 1 saturated carbocycles. The van der Waals surface area contributed by atoms with E-state index in [9.17, 15) is 5.11 Å². The van der Waals surface area contributed by atoms with Crippen LogP contribution in [0, 0.1) is 0 Å². The number of β-amino-alcohol motifs (C(OH)–C–C–N with tert-alkyl or cyclic N) is 1. The van der Waals surface area contributed by atoms with E-state index >= 15 is 0 Å². The number of ether oxygens (including phenoxy) is 1. The van der Waals surface area contributed by atoms with Gasteiger partial charge in [0.05, 0.1) is 18.8 Å². The van der Waals surface area contributed by atoms with E-state index < -0.39 is 0 Å². The van der Waals surface area contributed by atoms with Crippen LogP contribution in [-0.4, -0.2) is 36.0 Å². The van der Waals surface area contributed by atoms with Crippen molar-refractivity contribution in [2.45, 2.75) is 64.2 Å². The first-order valence-corrected chi connectivity index (χ1v) is 6.02.